The van der Waals surface area contributed by atoms with Gasteiger partial charge >= 0.3 is 0 Å². The fourth-order valence-corrected chi connectivity index (χ4v) is 2.30. The Morgan fingerprint density at radius 2 is 2.22 bits per heavy atom. The molecule has 2 rings (SSSR count). The van der Waals surface area contributed by atoms with E-state index in [2.05, 4.69) is 27.4 Å². The summed E-state index contributed by atoms with van der Waals surface area (Å²) in [6.07, 6.45) is 7.03. The number of amides is 1. The Hall–Kier alpha value is -2.24. The summed E-state index contributed by atoms with van der Waals surface area (Å²) in [6.45, 7) is 4.21. The third-order valence-corrected chi connectivity index (χ3v) is 3.58. The van der Waals surface area contributed by atoms with Crippen LogP contribution >= 0.6 is 0 Å². The van der Waals surface area contributed by atoms with E-state index in [1.54, 1.807) is 6.20 Å². The average Bonchev–Trinajstić information content (AvgIpc) is 3.03. The summed E-state index contributed by atoms with van der Waals surface area (Å²) in [5.41, 5.74) is 0.663. The van der Waals surface area contributed by atoms with Crippen molar-refractivity contribution < 1.29 is 9.32 Å². The molecule has 0 aliphatic carbocycles. The van der Waals surface area contributed by atoms with Crippen LogP contribution in [0, 0.1) is 0 Å². The second-order valence-corrected chi connectivity index (χ2v) is 5.69. The zero-order valence-electron chi connectivity index (χ0n) is 13.8. The predicted molar refractivity (Wildman–Crippen MR) is 87.6 cm³/mol. The van der Waals surface area contributed by atoms with Crippen LogP contribution in [0.15, 0.2) is 28.9 Å². The molecule has 0 saturated heterocycles. The SMILES string of the molecule is CCCCCC(C)NC(=O)CCc1nc(-c2ccccn2)no1. The first kappa shape index (κ1) is 17.1. The number of nitrogens with one attached hydrogen (secondary N) is 1. The maximum absolute atomic E-state index is 11.9. The Balaban J connectivity index is 1.75. The maximum atomic E-state index is 11.9. The molecule has 0 aliphatic rings. The van der Waals surface area contributed by atoms with Crippen molar-refractivity contribution in [1.82, 2.24) is 20.4 Å². The van der Waals surface area contributed by atoms with E-state index >= 15 is 0 Å². The van der Waals surface area contributed by atoms with Crippen molar-refractivity contribution in [1.29, 1.82) is 0 Å². The van der Waals surface area contributed by atoms with Crippen LogP contribution < -0.4 is 5.32 Å². The van der Waals surface area contributed by atoms with Gasteiger partial charge in [-0.2, -0.15) is 4.98 Å². The van der Waals surface area contributed by atoms with Crippen molar-refractivity contribution >= 4 is 5.91 Å². The molecule has 2 aromatic rings. The van der Waals surface area contributed by atoms with Crippen molar-refractivity contribution in [2.24, 2.45) is 0 Å². The summed E-state index contributed by atoms with van der Waals surface area (Å²) in [7, 11) is 0. The van der Waals surface area contributed by atoms with Crippen LogP contribution in [0.3, 0.4) is 0 Å². The van der Waals surface area contributed by atoms with Gasteiger partial charge in [0, 0.05) is 25.1 Å². The topological polar surface area (TPSA) is 80.9 Å². The van der Waals surface area contributed by atoms with Crippen LogP contribution in [0.4, 0.5) is 0 Å². The summed E-state index contributed by atoms with van der Waals surface area (Å²) in [6, 6.07) is 5.72. The van der Waals surface area contributed by atoms with Crippen LogP contribution in [0.2, 0.25) is 0 Å². The highest BCUT2D eigenvalue weighted by molar-refractivity contribution is 5.76. The number of aryl methyl sites for hydroxylation is 1. The van der Waals surface area contributed by atoms with E-state index in [1.807, 2.05) is 25.1 Å². The Morgan fingerprint density at radius 1 is 1.35 bits per heavy atom. The van der Waals surface area contributed by atoms with Crippen LogP contribution in [-0.2, 0) is 11.2 Å². The molecule has 0 fully saturated rings. The van der Waals surface area contributed by atoms with Gasteiger partial charge in [-0.1, -0.05) is 37.4 Å². The first-order valence-electron chi connectivity index (χ1n) is 8.22. The molecule has 6 heteroatoms. The summed E-state index contributed by atoms with van der Waals surface area (Å²) >= 11 is 0. The molecular formula is C17H24N4O2. The summed E-state index contributed by atoms with van der Waals surface area (Å²) in [5.74, 6) is 0.931. The Bertz CT molecular complexity index is 598. The normalized spacial score (nSPS) is 12.1. The third-order valence-electron chi connectivity index (χ3n) is 3.58. The smallest absolute Gasteiger partial charge is 0.227 e. The Labute approximate surface area is 136 Å². The third kappa shape index (κ3) is 5.81. The van der Waals surface area contributed by atoms with Crippen LogP contribution in [0.1, 0.15) is 51.8 Å². The molecule has 0 saturated carbocycles. The van der Waals surface area contributed by atoms with Gasteiger partial charge in [-0.3, -0.25) is 9.78 Å². The number of unbranched alkanes of at least 4 members (excludes halogenated alkanes) is 2. The standard InChI is InChI=1S/C17H24N4O2/c1-3-4-5-8-13(2)19-15(22)10-11-16-20-17(21-23-16)14-9-6-7-12-18-14/h6-7,9,12-13H,3-5,8,10-11H2,1-2H3,(H,19,22). The molecule has 1 atom stereocenters. The lowest BCUT2D eigenvalue weighted by Gasteiger charge is -2.12. The molecular weight excluding hydrogens is 292 g/mol. The summed E-state index contributed by atoms with van der Waals surface area (Å²) in [5, 5.41) is 6.90. The molecule has 6 nitrogen and oxygen atoms in total. The van der Waals surface area contributed by atoms with Crippen LogP contribution in [0.5, 0.6) is 0 Å². The number of aromatic nitrogens is 3. The van der Waals surface area contributed by atoms with Crippen molar-refractivity contribution in [3.05, 3.63) is 30.3 Å². The fourth-order valence-electron chi connectivity index (χ4n) is 2.30. The molecule has 0 aliphatic heterocycles. The highest BCUT2D eigenvalue weighted by atomic mass is 16.5. The van der Waals surface area contributed by atoms with Crippen LogP contribution in [0.25, 0.3) is 11.5 Å². The number of hydrogen-bond acceptors (Lipinski definition) is 5. The van der Waals surface area contributed by atoms with E-state index in [0.717, 1.165) is 12.8 Å². The van der Waals surface area contributed by atoms with Gasteiger partial charge < -0.3 is 9.84 Å². The average molecular weight is 316 g/mol. The van der Waals surface area contributed by atoms with Crippen molar-refractivity contribution in [3.63, 3.8) is 0 Å². The molecule has 1 amide bonds. The van der Waals surface area contributed by atoms with E-state index < -0.39 is 0 Å². The lowest BCUT2D eigenvalue weighted by Crippen LogP contribution is -2.32. The van der Waals surface area contributed by atoms with E-state index in [0.29, 0.717) is 30.3 Å². The molecule has 0 radical (unpaired) electrons. The van der Waals surface area contributed by atoms with E-state index in [1.165, 1.54) is 12.8 Å². The predicted octanol–water partition coefficient (Wildman–Crippen LogP) is 3.15. The minimum Gasteiger partial charge on any atom is -0.354 e. The number of rotatable bonds is 9. The van der Waals surface area contributed by atoms with E-state index in [-0.39, 0.29) is 11.9 Å². The first-order chi connectivity index (χ1) is 11.2. The second-order valence-electron chi connectivity index (χ2n) is 5.69. The van der Waals surface area contributed by atoms with Crippen LogP contribution in [-0.4, -0.2) is 27.1 Å². The molecule has 0 bridgehead atoms. The molecule has 1 unspecified atom stereocenters. The monoisotopic (exact) mass is 316 g/mol. The highest BCUT2D eigenvalue weighted by Gasteiger charge is 2.12. The number of carbonyl (C=O) groups excluding carboxylic acids is 1. The molecule has 1 N–H and O–H groups in total. The number of carbonyl (C=O) groups is 1. The Kier molecular flexibility index (Phi) is 6.72. The van der Waals surface area contributed by atoms with Gasteiger partial charge in [-0.15, -0.1) is 0 Å². The fraction of sp³-hybridized carbons (Fsp3) is 0.529. The van der Waals surface area contributed by atoms with Gasteiger partial charge in [-0.05, 0) is 25.5 Å². The second kappa shape index (κ2) is 9.02. The maximum Gasteiger partial charge on any atom is 0.227 e. The van der Waals surface area contributed by atoms with Gasteiger partial charge in [0.25, 0.3) is 0 Å². The van der Waals surface area contributed by atoms with E-state index in [4.69, 9.17) is 4.52 Å². The summed E-state index contributed by atoms with van der Waals surface area (Å²) in [4.78, 5) is 20.4. The van der Waals surface area contributed by atoms with Gasteiger partial charge in [-0.25, -0.2) is 0 Å². The lowest BCUT2D eigenvalue weighted by molar-refractivity contribution is -0.121. The van der Waals surface area contributed by atoms with Crippen molar-refractivity contribution in [3.8, 4) is 11.5 Å². The first-order valence-corrected chi connectivity index (χ1v) is 8.22. The van der Waals surface area contributed by atoms with Gasteiger partial charge in [0.05, 0.1) is 0 Å². The highest BCUT2D eigenvalue weighted by Crippen LogP contribution is 2.12. The Morgan fingerprint density at radius 3 is 2.96 bits per heavy atom. The zero-order chi connectivity index (χ0) is 16.5. The van der Waals surface area contributed by atoms with Crippen molar-refractivity contribution in [2.75, 3.05) is 0 Å². The molecule has 2 aromatic heterocycles. The minimum atomic E-state index is 0.0200. The molecule has 124 valence electrons. The minimum absolute atomic E-state index is 0.0200. The molecule has 2 heterocycles. The molecule has 23 heavy (non-hydrogen) atoms. The van der Waals surface area contributed by atoms with E-state index in [9.17, 15) is 4.79 Å². The number of pyridine rings is 1. The van der Waals surface area contributed by atoms with Gasteiger partial charge in [0.2, 0.25) is 17.6 Å². The molecule has 0 aromatic carbocycles. The number of hydrogen-bond donors (Lipinski definition) is 1. The largest absolute Gasteiger partial charge is 0.354 e. The van der Waals surface area contributed by atoms with Gasteiger partial charge in [0.15, 0.2) is 0 Å². The van der Waals surface area contributed by atoms with Crippen molar-refractivity contribution in [2.45, 2.75) is 58.4 Å². The van der Waals surface area contributed by atoms with Gasteiger partial charge in [0.1, 0.15) is 5.69 Å². The lowest BCUT2D eigenvalue weighted by atomic mass is 10.1. The summed E-state index contributed by atoms with van der Waals surface area (Å²) < 4.78 is 5.17. The number of nitrogens with zero attached hydrogens (tertiary/aromatic N) is 3. The zero-order valence-corrected chi connectivity index (χ0v) is 13.8. The quantitative estimate of drug-likeness (QED) is 0.719. The molecule has 0 spiro atoms.